The largest absolute Gasteiger partial charge is 0.459 e. The van der Waals surface area contributed by atoms with Crippen LogP contribution in [0.4, 0.5) is 0 Å². The van der Waals surface area contributed by atoms with Crippen molar-refractivity contribution in [1.29, 1.82) is 0 Å². The minimum Gasteiger partial charge on any atom is -0.459 e. The molecule has 2 heterocycles. The van der Waals surface area contributed by atoms with E-state index in [1.807, 2.05) is 58.0 Å². The Kier molecular flexibility index (Phi) is 7.58. The highest BCUT2D eigenvalue weighted by molar-refractivity contribution is 6.45. The van der Waals surface area contributed by atoms with Gasteiger partial charge in [-0.1, -0.05) is 36.8 Å². The van der Waals surface area contributed by atoms with Crippen molar-refractivity contribution < 1.29 is 23.6 Å². The maximum absolute atomic E-state index is 13.0. The van der Waals surface area contributed by atoms with E-state index in [1.165, 1.54) is 0 Å². The molecule has 3 atom stereocenters. The maximum atomic E-state index is 13.0. The lowest BCUT2D eigenvalue weighted by Crippen LogP contribution is -2.64. The van der Waals surface area contributed by atoms with Crippen molar-refractivity contribution in [1.82, 2.24) is 4.90 Å². The topological polar surface area (TPSA) is 117 Å². The summed E-state index contributed by atoms with van der Waals surface area (Å²) in [4.78, 5) is 27.4. The van der Waals surface area contributed by atoms with Crippen molar-refractivity contribution in [2.75, 3.05) is 13.1 Å². The molecule has 0 saturated carbocycles. The van der Waals surface area contributed by atoms with E-state index in [-0.39, 0.29) is 32.1 Å². The van der Waals surface area contributed by atoms with E-state index in [0.717, 1.165) is 5.56 Å². The zero-order valence-electron chi connectivity index (χ0n) is 20.5. The molecular weight excluding hydrogens is 421 g/mol. The lowest BCUT2D eigenvalue weighted by molar-refractivity contribution is -0.156. The Morgan fingerprint density at radius 1 is 1.18 bits per heavy atom. The smallest absolute Gasteiger partial charge is 0.457 e. The number of rotatable bonds is 7. The molecule has 0 aliphatic carbocycles. The second kappa shape index (κ2) is 9.74. The molecule has 2 saturated heterocycles. The number of carbonyl (C=O) groups is 2. The third kappa shape index (κ3) is 5.95. The first kappa shape index (κ1) is 25.7. The second-order valence-electron chi connectivity index (χ2n) is 10.6. The predicted octanol–water partition coefficient (Wildman–Crippen LogP) is 2.11. The first-order valence-corrected chi connectivity index (χ1v) is 11.7. The SMILES string of the molecule is C[C@H](N)C(=O)N1C[C@H](CCB2OC(C)(C)C(C)(C)O2)C[C@](N)(C(=O)OCc2ccccc2)C1. The molecule has 9 heteroatoms. The first-order chi connectivity index (χ1) is 15.3. The van der Waals surface area contributed by atoms with Crippen LogP contribution in [0.2, 0.25) is 6.32 Å². The van der Waals surface area contributed by atoms with Crippen molar-refractivity contribution >= 4 is 19.0 Å². The van der Waals surface area contributed by atoms with Gasteiger partial charge in [-0.05, 0) is 58.8 Å². The van der Waals surface area contributed by atoms with Crippen LogP contribution in [0.25, 0.3) is 0 Å². The molecule has 0 radical (unpaired) electrons. The maximum Gasteiger partial charge on any atom is 0.457 e. The summed E-state index contributed by atoms with van der Waals surface area (Å²) in [5, 5.41) is 0. The Morgan fingerprint density at radius 3 is 2.36 bits per heavy atom. The molecule has 0 unspecified atom stereocenters. The number of piperidine rings is 1. The number of hydrogen-bond acceptors (Lipinski definition) is 7. The van der Waals surface area contributed by atoms with Crippen LogP contribution in [-0.2, 0) is 30.2 Å². The summed E-state index contributed by atoms with van der Waals surface area (Å²) < 4.78 is 17.8. The van der Waals surface area contributed by atoms with E-state index in [9.17, 15) is 9.59 Å². The zero-order valence-corrected chi connectivity index (χ0v) is 20.5. The van der Waals surface area contributed by atoms with Gasteiger partial charge in [0.1, 0.15) is 12.1 Å². The van der Waals surface area contributed by atoms with Crippen molar-refractivity contribution in [3.63, 3.8) is 0 Å². The average Bonchev–Trinajstić information content (AvgIpc) is 2.96. The molecule has 8 nitrogen and oxygen atoms in total. The summed E-state index contributed by atoms with van der Waals surface area (Å²) in [5.74, 6) is -0.732. The highest BCUT2D eigenvalue weighted by Crippen LogP contribution is 2.39. The van der Waals surface area contributed by atoms with Crippen LogP contribution < -0.4 is 11.5 Å². The third-order valence-electron chi connectivity index (χ3n) is 7.04. The van der Waals surface area contributed by atoms with Gasteiger partial charge in [0.2, 0.25) is 5.91 Å². The Balaban J connectivity index is 1.67. The van der Waals surface area contributed by atoms with Gasteiger partial charge in [0.15, 0.2) is 0 Å². The van der Waals surface area contributed by atoms with Crippen molar-refractivity contribution in [3.05, 3.63) is 35.9 Å². The van der Waals surface area contributed by atoms with Crippen LogP contribution in [-0.4, -0.2) is 59.8 Å². The third-order valence-corrected chi connectivity index (χ3v) is 7.04. The lowest BCUT2D eigenvalue weighted by Gasteiger charge is -2.43. The summed E-state index contributed by atoms with van der Waals surface area (Å²) in [6.45, 7) is 10.4. The van der Waals surface area contributed by atoms with Gasteiger partial charge in [0, 0.05) is 13.1 Å². The summed E-state index contributed by atoms with van der Waals surface area (Å²) in [5.41, 5.74) is 11.2. The minimum atomic E-state index is -1.29. The molecule has 2 fully saturated rings. The highest BCUT2D eigenvalue weighted by Gasteiger charge is 2.51. The summed E-state index contributed by atoms with van der Waals surface area (Å²) >= 11 is 0. The van der Waals surface area contributed by atoms with Crippen LogP contribution in [0.1, 0.15) is 53.0 Å². The number of nitrogens with two attached hydrogens (primary N) is 2. The number of esters is 1. The fraction of sp³-hybridized carbons (Fsp3) is 0.667. The Bertz CT molecular complexity index is 832. The van der Waals surface area contributed by atoms with Gasteiger partial charge in [0.25, 0.3) is 0 Å². The number of hydrogen-bond donors (Lipinski definition) is 2. The summed E-state index contributed by atoms with van der Waals surface area (Å²) in [6.07, 6.45) is 1.76. The number of benzene rings is 1. The van der Waals surface area contributed by atoms with Crippen molar-refractivity contribution in [2.24, 2.45) is 17.4 Å². The van der Waals surface area contributed by atoms with Crippen LogP contribution >= 0.6 is 0 Å². The Hall–Kier alpha value is -1.94. The normalized spacial score (nSPS) is 27.3. The highest BCUT2D eigenvalue weighted by atomic mass is 16.7. The number of nitrogens with zero attached hydrogens (tertiary/aromatic N) is 1. The van der Waals surface area contributed by atoms with Gasteiger partial charge in [-0.15, -0.1) is 0 Å². The van der Waals surface area contributed by atoms with Gasteiger partial charge >= 0.3 is 13.1 Å². The van der Waals surface area contributed by atoms with Gasteiger partial charge in [-0.25, -0.2) is 4.79 Å². The van der Waals surface area contributed by atoms with E-state index >= 15 is 0 Å². The van der Waals surface area contributed by atoms with E-state index in [1.54, 1.807) is 11.8 Å². The molecule has 0 bridgehead atoms. The molecule has 4 N–H and O–H groups in total. The number of amides is 1. The number of carbonyl (C=O) groups excluding carboxylic acids is 2. The number of likely N-dealkylation sites (tertiary alicyclic amines) is 1. The van der Waals surface area contributed by atoms with Crippen LogP contribution in [0, 0.1) is 5.92 Å². The fourth-order valence-electron chi connectivity index (χ4n) is 4.48. The molecule has 2 aliphatic heterocycles. The quantitative estimate of drug-likeness (QED) is 0.474. The molecule has 182 valence electrons. The molecule has 1 aromatic rings. The molecule has 2 aliphatic rings. The minimum absolute atomic E-state index is 0.00486. The fourth-order valence-corrected chi connectivity index (χ4v) is 4.48. The van der Waals surface area contributed by atoms with Crippen molar-refractivity contribution in [2.45, 2.75) is 83.2 Å². The molecule has 0 spiro atoms. The zero-order chi connectivity index (χ0) is 24.4. The Labute approximate surface area is 197 Å². The number of ether oxygens (including phenoxy) is 1. The van der Waals surface area contributed by atoms with E-state index < -0.39 is 28.8 Å². The summed E-state index contributed by atoms with van der Waals surface area (Å²) in [7, 11) is -0.341. The van der Waals surface area contributed by atoms with Crippen LogP contribution in [0.5, 0.6) is 0 Å². The molecule has 33 heavy (non-hydrogen) atoms. The van der Waals surface area contributed by atoms with Crippen LogP contribution in [0.15, 0.2) is 30.3 Å². The standard InChI is InChI=1S/C24H38BN3O5/c1-17(26)20(29)28-14-19(11-12-25-32-22(2,3)23(4,5)33-25)13-24(27,16-28)21(30)31-15-18-9-7-6-8-10-18/h6-10,17,19H,11-16,26-27H2,1-5H3/t17-,19+,24+/m0/s1. The van der Waals surface area contributed by atoms with Crippen LogP contribution in [0.3, 0.4) is 0 Å². The Morgan fingerprint density at radius 2 is 1.79 bits per heavy atom. The van der Waals surface area contributed by atoms with Gasteiger partial charge in [0.05, 0.1) is 17.2 Å². The van der Waals surface area contributed by atoms with E-state index in [0.29, 0.717) is 25.7 Å². The molecule has 1 aromatic carbocycles. The predicted molar refractivity (Wildman–Crippen MR) is 127 cm³/mol. The van der Waals surface area contributed by atoms with Gasteiger partial charge < -0.3 is 30.4 Å². The molecule has 1 amide bonds. The van der Waals surface area contributed by atoms with Gasteiger partial charge in [-0.3, -0.25) is 4.79 Å². The monoisotopic (exact) mass is 459 g/mol. The molecular formula is C24H38BN3O5. The van der Waals surface area contributed by atoms with Crippen molar-refractivity contribution in [3.8, 4) is 0 Å². The first-order valence-electron chi connectivity index (χ1n) is 11.7. The summed E-state index contributed by atoms with van der Waals surface area (Å²) in [6, 6.07) is 8.77. The van der Waals surface area contributed by atoms with E-state index in [4.69, 9.17) is 25.5 Å². The molecule has 0 aromatic heterocycles. The second-order valence-corrected chi connectivity index (χ2v) is 10.6. The lowest BCUT2D eigenvalue weighted by atomic mass is 9.74. The van der Waals surface area contributed by atoms with Gasteiger partial charge in [-0.2, -0.15) is 0 Å². The van der Waals surface area contributed by atoms with E-state index in [2.05, 4.69) is 0 Å². The molecule has 3 rings (SSSR count). The average molecular weight is 459 g/mol.